The van der Waals surface area contributed by atoms with Crippen LogP contribution in [0.5, 0.6) is 5.75 Å². The van der Waals surface area contributed by atoms with Crippen LogP contribution in [0.25, 0.3) is 10.8 Å². The molecule has 6 atom stereocenters. The number of rotatable bonds is 18. The summed E-state index contributed by atoms with van der Waals surface area (Å²) in [4.78, 5) is 123. The number of carbonyl (C=O) groups excluding carboxylic acids is 7. The fraction of sp³-hybridized carbons (Fsp3) is 0.520. The summed E-state index contributed by atoms with van der Waals surface area (Å²) in [7, 11) is -4.98. The van der Waals surface area contributed by atoms with Crippen molar-refractivity contribution < 1.29 is 52.4 Å². The number of fused-ring (bicyclic) bond motifs is 6. The van der Waals surface area contributed by atoms with Crippen molar-refractivity contribution in [1.29, 1.82) is 0 Å². The highest BCUT2D eigenvalue weighted by Crippen LogP contribution is 2.75. The maximum absolute atomic E-state index is 14.8. The Morgan fingerprint density at radius 1 is 0.861 bits per heavy atom. The van der Waals surface area contributed by atoms with Crippen LogP contribution in [0.2, 0.25) is 0 Å². The van der Waals surface area contributed by atoms with E-state index in [2.05, 4.69) is 33.6 Å². The number of thiol groups is 1. The van der Waals surface area contributed by atoms with E-state index in [1.165, 1.54) is 11.0 Å². The van der Waals surface area contributed by atoms with Crippen LogP contribution < -0.4 is 30.3 Å². The number of phosphoric ester groups is 1. The smallest absolute Gasteiger partial charge is 0.402 e. The lowest BCUT2D eigenvalue weighted by Gasteiger charge is -2.69. The molecule has 0 spiro atoms. The number of hydrogen-bond donors (Lipinski definition) is 6. The van der Waals surface area contributed by atoms with Gasteiger partial charge in [0, 0.05) is 85.3 Å². The highest BCUT2D eigenvalue weighted by molar-refractivity contribution is 7.81. The first-order valence-electron chi connectivity index (χ1n) is 24.4. The molecular weight excluding hydrogens is 1010 g/mol. The first-order chi connectivity index (χ1) is 34.1. The van der Waals surface area contributed by atoms with Gasteiger partial charge in [0.1, 0.15) is 17.8 Å². The molecule has 3 aliphatic carbocycles. The van der Waals surface area contributed by atoms with Crippen LogP contribution in [0.1, 0.15) is 114 Å². The standard InChI is InChI=1S/C50H58Cl2N7O11PS/c1-25(2)42(56-37(60)12-6-5-9-13-57-38(61)16-36(72)46(57)64)45(63)54-27(4)44(62)55-32-14-33-40(31-11-8-7-10-30(31)32)28(17-51)20-58(33)47(65)49-22-50(23-49,24-49)48(66)59-21-29(18-52)41-34(59)15-35(70-71(67,68)69)43-39(41)26(3)19-53-43/h7-8,10-11,14-15,19,25-29,36,42,72H,5-6,9,12-13,16-18,20-24H2,1-4H3,(H,54,63)(H,55,62)(H,56,60)(H2,67,68,69)/t26?,27-,28+,29+,36?,42-,49?,50?/m0/s1. The predicted octanol–water partition coefficient (Wildman–Crippen LogP) is 6.54. The van der Waals surface area contributed by atoms with E-state index in [0.29, 0.717) is 78.8 Å². The number of nitrogens with zero attached hydrogens (tertiary/aromatic N) is 4. The molecular formula is C50H58Cl2N7O11PS. The largest absolute Gasteiger partial charge is 0.524 e. The van der Waals surface area contributed by atoms with E-state index in [4.69, 9.17) is 27.7 Å². The highest BCUT2D eigenvalue weighted by atomic mass is 35.5. The normalized spacial score (nSPS) is 25.4. The summed E-state index contributed by atoms with van der Waals surface area (Å²) in [6.45, 7) is 7.83. The van der Waals surface area contributed by atoms with Gasteiger partial charge in [-0.25, -0.2) is 4.57 Å². The molecule has 4 fully saturated rings. The summed E-state index contributed by atoms with van der Waals surface area (Å²) in [5.41, 5.74) is 2.52. The van der Waals surface area contributed by atoms with Crippen molar-refractivity contribution in [3.05, 3.63) is 53.1 Å². The van der Waals surface area contributed by atoms with E-state index in [-0.39, 0.29) is 96.6 Å². The number of imide groups is 1. The summed E-state index contributed by atoms with van der Waals surface area (Å²) in [6.07, 6.45) is 4.40. The number of alkyl halides is 2. The summed E-state index contributed by atoms with van der Waals surface area (Å²) in [5.74, 6) is -3.03. The Hall–Kier alpha value is -5.04. The van der Waals surface area contributed by atoms with Crippen LogP contribution in [0, 0.1) is 16.7 Å². The predicted molar refractivity (Wildman–Crippen MR) is 276 cm³/mol. The highest BCUT2D eigenvalue weighted by Gasteiger charge is 2.76. The second kappa shape index (κ2) is 19.7. The van der Waals surface area contributed by atoms with Gasteiger partial charge in [-0.05, 0) is 73.1 Å². The van der Waals surface area contributed by atoms with Gasteiger partial charge < -0.3 is 30.3 Å². The molecule has 7 amide bonds. The van der Waals surface area contributed by atoms with E-state index in [0.717, 1.165) is 16.5 Å². The van der Waals surface area contributed by atoms with Crippen molar-refractivity contribution in [3.8, 4) is 5.75 Å². The Kier molecular flexibility index (Phi) is 14.2. The molecule has 4 aliphatic heterocycles. The minimum atomic E-state index is -4.98. The number of aliphatic imine (C=N–C) groups is 1. The molecule has 1 saturated heterocycles. The number of carbonyl (C=O) groups is 7. The van der Waals surface area contributed by atoms with Gasteiger partial charge in [-0.1, -0.05) is 51.5 Å². The SMILES string of the molecule is CC1C=Nc2c(OP(=O)(O)O)cc3c(c21)[C@H](CCl)CN3C(=O)C12CC(C(=O)N3C[C@@H](CCl)c4c3cc(NC(=O)[C@H](C)NC(=O)[C@@H](NC(=O)CCCCCN3C(=O)CC(S)C3=O)C(C)C)c3ccccc43)(C1)C2. The molecule has 10 rings (SSSR count). The topological polar surface area (TPSA) is 244 Å². The van der Waals surface area contributed by atoms with Gasteiger partial charge in [0.05, 0.1) is 27.5 Å². The minimum absolute atomic E-state index is 0.0850. The van der Waals surface area contributed by atoms with Crippen LogP contribution in [0.4, 0.5) is 22.7 Å². The van der Waals surface area contributed by atoms with Crippen LogP contribution in [-0.4, -0.2) is 111 Å². The number of halogens is 2. The lowest BCUT2D eigenvalue weighted by molar-refractivity contribution is -0.205. The van der Waals surface area contributed by atoms with E-state index in [9.17, 15) is 47.9 Å². The zero-order valence-electron chi connectivity index (χ0n) is 40.3. The molecule has 3 aromatic rings. The number of nitrogens with one attached hydrogen (secondary N) is 3. The zero-order chi connectivity index (χ0) is 51.8. The van der Waals surface area contributed by atoms with Crippen LogP contribution in [-0.2, 0) is 38.1 Å². The van der Waals surface area contributed by atoms with Crippen LogP contribution in [0.15, 0.2) is 41.4 Å². The summed E-state index contributed by atoms with van der Waals surface area (Å²) >= 11 is 17.3. The van der Waals surface area contributed by atoms with Gasteiger partial charge in [0.25, 0.3) is 0 Å². The van der Waals surface area contributed by atoms with E-state index < -0.39 is 47.8 Å². The van der Waals surface area contributed by atoms with E-state index in [1.54, 1.807) is 42.9 Å². The van der Waals surface area contributed by atoms with Crippen molar-refractivity contribution in [1.82, 2.24) is 15.5 Å². The third kappa shape index (κ3) is 9.20. The first kappa shape index (κ1) is 51.8. The molecule has 7 aliphatic rings. The Balaban J connectivity index is 0.862. The number of amides is 7. The minimum Gasteiger partial charge on any atom is -0.402 e. The summed E-state index contributed by atoms with van der Waals surface area (Å²) < 4.78 is 17.1. The van der Waals surface area contributed by atoms with E-state index in [1.807, 2.05) is 31.2 Å². The lowest BCUT2D eigenvalue weighted by atomic mass is 9.34. The molecule has 0 radical (unpaired) electrons. The third-order valence-corrected chi connectivity index (χ3v) is 16.9. The number of benzene rings is 3. The van der Waals surface area contributed by atoms with Gasteiger partial charge in [0.15, 0.2) is 5.75 Å². The third-order valence-electron chi connectivity index (χ3n) is 15.3. The maximum Gasteiger partial charge on any atom is 0.524 e. The van der Waals surface area contributed by atoms with Crippen molar-refractivity contribution in [2.75, 3.05) is 46.5 Å². The van der Waals surface area contributed by atoms with Crippen LogP contribution >= 0.6 is 43.7 Å². The number of phosphoric acid groups is 1. The molecule has 3 aromatic carbocycles. The lowest BCUT2D eigenvalue weighted by Crippen LogP contribution is -2.73. The molecule has 2 unspecified atom stereocenters. The zero-order valence-corrected chi connectivity index (χ0v) is 43.6. The second-order valence-electron chi connectivity index (χ2n) is 20.7. The average molecular weight is 1070 g/mol. The molecule has 2 bridgehead atoms. The molecule has 0 aromatic heterocycles. The fourth-order valence-corrected chi connectivity index (χ4v) is 13.0. The molecule has 72 heavy (non-hydrogen) atoms. The molecule has 5 N–H and O–H groups in total. The van der Waals surface area contributed by atoms with Gasteiger partial charge in [-0.3, -0.25) is 53.2 Å². The van der Waals surface area contributed by atoms with Crippen molar-refractivity contribution in [3.63, 3.8) is 0 Å². The Morgan fingerprint density at radius 2 is 1.47 bits per heavy atom. The monoisotopic (exact) mass is 1070 g/mol. The van der Waals surface area contributed by atoms with Crippen molar-refractivity contribution >= 4 is 125 Å². The summed E-state index contributed by atoms with van der Waals surface area (Å²) in [6, 6.07) is 8.75. The van der Waals surface area contributed by atoms with Crippen LogP contribution in [0.3, 0.4) is 0 Å². The summed E-state index contributed by atoms with van der Waals surface area (Å²) in [5, 5.41) is 9.44. The second-order valence-corrected chi connectivity index (χ2v) is 23.1. The quantitative estimate of drug-likeness (QED) is 0.0263. The van der Waals surface area contributed by atoms with Gasteiger partial charge in [0.2, 0.25) is 41.4 Å². The van der Waals surface area contributed by atoms with Gasteiger partial charge in [-0.15, -0.1) is 23.2 Å². The van der Waals surface area contributed by atoms with Crippen molar-refractivity contribution in [2.45, 2.75) is 114 Å². The first-order valence-corrected chi connectivity index (χ1v) is 27.5. The van der Waals surface area contributed by atoms with E-state index >= 15 is 0 Å². The molecule has 18 nitrogen and oxygen atoms in total. The van der Waals surface area contributed by atoms with Gasteiger partial charge >= 0.3 is 7.82 Å². The molecule has 4 heterocycles. The number of hydrogen-bond acceptors (Lipinski definition) is 11. The average Bonchev–Trinajstić information content (AvgIpc) is 4.05. The molecule has 22 heteroatoms. The maximum atomic E-state index is 14.8. The molecule has 384 valence electrons. The van der Waals surface area contributed by atoms with Crippen molar-refractivity contribution in [2.24, 2.45) is 21.7 Å². The Bertz CT molecular complexity index is 2880. The fourth-order valence-electron chi connectivity index (χ4n) is 11.8. The number of likely N-dealkylation sites (tertiary alicyclic amines) is 1. The number of unbranched alkanes of at least 4 members (excludes halogenated alkanes) is 2. The Morgan fingerprint density at radius 3 is 2.06 bits per heavy atom. The van der Waals surface area contributed by atoms with Gasteiger partial charge in [-0.2, -0.15) is 12.6 Å². The molecule has 3 saturated carbocycles. The Labute approximate surface area is 432 Å². The number of anilines is 3.